The van der Waals surface area contributed by atoms with E-state index in [4.69, 9.17) is 14.2 Å². The Morgan fingerprint density at radius 1 is 0.367 bits per heavy atom. The van der Waals surface area contributed by atoms with Crippen LogP contribution < -0.4 is 0 Å². The van der Waals surface area contributed by atoms with Crippen LogP contribution in [-0.4, -0.2) is 37.2 Å². The highest BCUT2D eigenvalue weighted by Gasteiger charge is 2.19. The van der Waals surface area contributed by atoms with Crippen LogP contribution in [0.5, 0.6) is 0 Å². The Balaban J connectivity index is 4.55. The smallest absolute Gasteiger partial charge is 0.310 e. The van der Waals surface area contributed by atoms with Crippen molar-refractivity contribution in [1.29, 1.82) is 0 Å². The van der Waals surface area contributed by atoms with Crippen LogP contribution in [0.25, 0.3) is 0 Å². The summed E-state index contributed by atoms with van der Waals surface area (Å²) < 4.78 is 16.6. The van der Waals surface area contributed by atoms with E-state index in [1.165, 1.54) is 44.9 Å². The highest BCUT2D eigenvalue weighted by molar-refractivity contribution is 5.72. The molecule has 60 heavy (non-hydrogen) atoms. The van der Waals surface area contributed by atoms with Crippen LogP contribution in [0.4, 0.5) is 0 Å². The van der Waals surface area contributed by atoms with Gasteiger partial charge in [-0.1, -0.05) is 201 Å². The van der Waals surface area contributed by atoms with Gasteiger partial charge in [-0.3, -0.25) is 14.4 Å². The van der Waals surface area contributed by atoms with Crippen molar-refractivity contribution in [1.82, 2.24) is 0 Å². The van der Waals surface area contributed by atoms with Crippen molar-refractivity contribution < 1.29 is 28.6 Å². The zero-order valence-corrected chi connectivity index (χ0v) is 38.4. The number of unbranched alkanes of at least 4 members (excludes halogenated alkanes) is 13. The molecule has 0 aliphatic carbocycles. The maximum Gasteiger partial charge on any atom is 0.310 e. The SMILES string of the molecule is CC/C=C\C/C=C\C/C=C\C/C=C\C/C=C\CC(=O)OC(COC(=O)CCCCCC/C=C\C/C=C\C/C=C\C/C=C\CC)COC(=O)CCCCCCCCCCCC. The van der Waals surface area contributed by atoms with E-state index in [1.807, 2.05) is 6.08 Å². The Bertz CT molecular complexity index is 1280. The molecule has 0 aromatic heterocycles. The molecule has 6 heteroatoms. The average Bonchev–Trinajstić information content (AvgIpc) is 3.24. The van der Waals surface area contributed by atoms with Gasteiger partial charge >= 0.3 is 17.9 Å². The topological polar surface area (TPSA) is 78.9 Å². The minimum absolute atomic E-state index is 0.0887. The van der Waals surface area contributed by atoms with Crippen LogP contribution in [0.2, 0.25) is 0 Å². The standard InChI is InChI=1S/C54H86O6/c1-4-7-10-13-16-19-22-24-26-27-29-30-32-35-38-41-44-47-53(56)59-50-51(49-58-52(55)46-43-40-37-34-21-18-15-12-9-6-3)60-54(57)48-45-42-39-36-33-31-28-25-23-20-17-14-11-8-5-2/h7-8,10-11,16-17,19-20,24-26,28-30,33,36,42,45,51H,4-6,9,12-15,18,21-23,27,31-32,34-35,37-41,43-44,46-50H2,1-3H3/b10-7-,11-8-,19-16-,20-17-,26-24-,28-25-,30-29-,36-33-,45-42-. The quantitative estimate of drug-likeness (QED) is 0.0264. The Labute approximate surface area is 368 Å². The van der Waals surface area contributed by atoms with Crippen LogP contribution in [0.1, 0.15) is 194 Å². The largest absolute Gasteiger partial charge is 0.462 e. The van der Waals surface area contributed by atoms with Gasteiger partial charge < -0.3 is 14.2 Å². The lowest BCUT2D eigenvalue weighted by Crippen LogP contribution is -2.30. The van der Waals surface area contributed by atoms with E-state index in [0.717, 1.165) is 103 Å². The fourth-order valence-corrected chi connectivity index (χ4v) is 6.04. The van der Waals surface area contributed by atoms with Crippen molar-refractivity contribution in [2.75, 3.05) is 13.2 Å². The van der Waals surface area contributed by atoms with Gasteiger partial charge in [0.05, 0.1) is 6.42 Å². The summed E-state index contributed by atoms with van der Waals surface area (Å²) in [6.45, 7) is 6.26. The van der Waals surface area contributed by atoms with Gasteiger partial charge in [0, 0.05) is 12.8 Å². The minimum atomic E-state index is -0.841. The molecule has 0 aliphatic heterocycles. The summed E-state index contributed by atoms with van der Waals surface area (Å²) >= 11 is 0. The highest BCUT2D eigenvalue weighted by Crippen LogP contribution is 2.13. The van der Waals surface area contributed by atoms with E-state index in [9.17, 15) is 14.4 Å². The summed E-state index contributed by atoms with van der Waals surface area (Å²) in [4.78, 5) is 37.8. The third-order valence-corrected chi connectivity index (χ3v) is 9.56. The molecular weight excluding hydrogens is 745 g/mol. The van der Waals surface area contributed by atoms with Crippen molar-refractivity contribution >= 4 is 17.9 Å². The molecule has 0 aromatic carbocycles. The van der Waals surface area contributed by atoms with Crippen LogP contribution in [-0.2, 0) is 28.6 Å². The summed E-state index contributed by atoms with van der Waals surface area (Å²) in [6.07, 6.45) is 63.8. The van der Waals surface area contributed by atoms with Gasteiger partial charge in [-0.25, -0.2) is 0 Å². The number of hydrogen-bond acceptors (Lipinski definition) is 6. The van der Waals surface area contributed by atoms with Gasteiger partial charge in [-0.15, -0.1) is 0 Å². The lowest BCUT2D eigenvalue weighted by Gasteiger charge is -2.18. The third kappa shape index (κ3) is 45.2. The zero-order valence-electron chi connectivity index (χ0n) is 38.4. The molecule has 0 aromatic rings. The summed E-state index contributed by atoms with van der Waals surface area (Å²) in [5.41, 5.74) is 0. The summed E-state index contributed by atoms with van der Waals surface area (Å²) in [5, 5.41) is 0. The van der Waals surface area contributed by atoms with Gasteiger partial charge in [-0.2, -0.15) is 0 Å². The maximum atomic E-state index is 12.7. The molecule has 0 N–H and O–H groups in total. The molecule has 0 radical (unpaired) electrons. The van der Waals surface area contributed by atoms with Gasteiger partial charge in [0.25, 0.3) is 0 Å². The number of hydrogen-bond donors (Lipinski definition) is 0. The minimum Gasteiger partial charge on any atom is -0.462 e. The first-order valence-corrected chi connectivity index (χ1v) is 23.9. The number of allylic oxidation sites excluding steroid dienone is 17. The molecule has 0 fully saturated rings. The van der Waals surface area contributed by atoms with E-state index >= 15 is 0 Å². The second-order valence-electron chi connectivity index (χ2n) is 15.3. The molecule has 0 saturated heterocycles. The van der Waals surface area contributed by atoms with E-state index in [-0.39, 0.29) is 31.6 Å². The molecule has 0 amide bonds. The second kappa shape index (κ2) is 47.7. The zero-order chi connectivity index (χ0) is 43.7. The Kier molecular flexibility index (Phi) is 44.6. The monoisotopic (exact) mass is 831 g/mol. The second-order valence-corrected chi connectivity index (χ2v) is 15.3. The predicted octanol–water partition coefficient (Wildman–Crippen LogP) is 15.6. The predicted molar refractivity (Wildman–Crippen MR) is 256 cm³/mol. The number of carbonyl (C=O) groups is 3. The Hall–Kier alpha value is -3.93. The number of rotatable bonds is 41. The molecule has 1 unspecified atom stereocenters. The molecule has 0 saturated carbocycles. The summed E-state index contributed by atoms with van der Waals surface area (Å²) in [6, 6.07) is 0. The van der Waals surface area contributed by atoms with E-state index < -0.39 is 12.1 Å². The van der Waals surface area contributed by atoms with Crippen molar-refractivity contribution in [3.05, 3.63) is 109 Å². The van der Waals surface area contributed by atoms with Crippen molar-refractivity contribution in [2.24, 2.45) is 0 Å². The third-order valence-electron chi connectivity index (χ3n) is 9.56. The van der Waals surface area contributed by atoms with Crippen LogP contribution in [0.15, 0.2) is 109 Å². The lowest BCUT2D eigenvalue weighted by molar-refractivity contribution is -0.166. The first-order chi connectivity index (χ1) is 29.5. The molecule has 338 valence electrons. The van der Waals surface area contributed by atoms with E-state index in [2.05, 4.69) is 118 Å². The molecular formula is C54H86O6. The summed E-state index contributed by atoms with van der Waals surface area (Å²) in [7, 11) is 0. The van der Waals surface area contributed by atoms with Gasteiger partial charge in [0.15, 0.2) is 6.10 Å². The molecule has 0 aliphatic rings. The fraction of sp³-hybridized carbons (Fsp3) is 0.611. The van der Waals surface area contributed by atoms with E-state index in [0.29, 0.717) is 19.3 Å². The molecule has 0 spiro atoms. The number of ether oxygens (including phenoxy) is 3. The molecule has 1 atom stereocenters. The van der Waals surface area contributed by atoms with Crippen LogP contribution in [0.3, 0.4) is 0 Å². The lowest BCUT2D eigenvalue weighted by atomic mass is 10.1. The number of esters is 3. The highest BCUT2D eigenvalue weighted by atomic mass is 16.6. The van der Waals surface area contributed by atoms with Crippen molar-refractivity contribution in [3.63, 3.8) is 0 Å². The molecule has 0 heterocycles. The van der Waals surface area contributed by atoms with Gasteiger partial charge in [-0.05, 0) is 83.5 Å². The maximum absolute atomic E-state index is 12.7. The normalized spacial score (nSPS) is 13.1. The fourth-order valence-electron chi connectivity index (χ4n) is 6.04. The first kappa shape index (κ1) is 56.1. The first-order valence-electron chi connectivity index (χ1n) is 23.9. The summed E-state index contributed by atoms with van der Waals surface area (Å²) in [5.74, 6) is -1.09. The molecule has 6 nitrogen and oxygen atoms in total. The van der Waals surface area contributed by atoms with Gasteiger partial charge in [0.2, 0.25) is 0 Å². The Morgan fingerprint density at radius 3 is 1.10 bits per heavy atom. The van der Waals surface area contributed by atoms with Crippen LogP contribution >= 0.6 is 0 Å². The van der Waals surface area contributed by atoms with Crippen LogP contribution in [0, 0.1) is 0 Å². The number of carbonyl (C=O) groups excluding carboxylic acids is 3. The van der Waals surface area contributed by atoms with Gasteiger partial charge in [0.1, 0.15) is 13.2 Å². The van der Waals surface area contributed by atoms with Crippen molar-refractivity contribution in [2.45, 2.75) is 200 Å². The van der Waals surface area contributed by atoms with E-state index in [1.54, 1.807) is 6.08 Å². The average molecular weight is 831 g/mol. The van der Waals surface area contributed by atoms with Crippen molar-refractivity contribution in [3.8, 4) is 0 Å². The molecule has 0 bridgehead atoms. The molecule has 0 rings (SSSR count). The Morgan fingerprint density at radius 2 is 0.700 bits per heavy atom.